The summed E-state index contributed by atoms with van der Waals surface area (Å²) in [6.45, 7) is 5.77. The second-order valence-electron chi connectivity index (χ2n) is 7.53. The van der Waals surface area contributed by atoms with Gasteiger partial charge in [0, 0.05) is 15.7 Å². The lowest BCUT2D eigenvalue weighted by Crippen LogP contribution is -2.32. The first-order chi connectivity index (χ1) is 14.8. The molecule has 3 aromatic rings. The van der Waals surface area contributed by atoms with E-state index in [0.717, 1.165) is 21.6 Å². The van der Waals surface area contributed by atoms with Gasteiger partial charge in [-0.2, -0.15) is 0 Å². The van der Waals surface area contributed by atoms with Gasteiger partial charge in [0.15, 0.2) is 0 Å². The van der Waals surface area contributed by atoms with Gasteiger partial charge in [0.1, 0.15) is 5.70 Å². The van der Waals surface area contributed by atoms with Crippen molar-refractivity contribution in [1.29, 1.82) is 0 Å². The molecule has 6 heteroatoms. The number of halogens is 2. The minimum Gasteiger partial charge on any atom is -0.350 e. The van der Waals surface area contributed by atoms with Gasteiger partial charge in [-0.15, -0.1) is 0 Å². The minimum atomic E-state index is -0.443. The number of imide groups is 1. The van der Waals surface area contributed by atoms with E-state index in [0.29, 0.717) is 32.6 Å². The number of hydrogen-bond acceptors (Lipinski definition) is 3. The lowest BCUT2D eigenvalue weighted by molar-refractivity contribution is -0.120. The molecule has 1 N–H and O–H groups in total. The highest BCUT2D eigenvalue weighted by molar-refractivity contribution is 6.46. The lowest BCUT2D eigenvalue weighted by atomic mass is 9.97. The van der Waals surface area contributed by atoms with E-state index < -0.39 is 11.8 Å². The SMILES string of the molecule is Cc1ccc(C2=C(Nc3cccc(Cl)c3C)C(=O)N(c3cccc(Cl)c3)C2=O)c(C)c1. The molecule has 0 unspecified atom stereocenters. The van der Waals surface area contributed by atoms with E-state index in [9.17, 15) is 9.59 Å². The maximum atomic E-state index is 13.6. The van der Waals surface area contributed by atoms with E-state index in [1.54, 1.807) is 36.4 Å². The van der Waals surface area contributed by atoms with Crippen LogP contribution in [0.1, 0.15) is 22.3 Å². The quantitative estimate of drug-likeness (QED) is 0.473. The number of hydrogen-bond donors (Lipinski definition) is 1. The summed E-state index contributed by atoms with van der Waals surface area (Å²) in [6, 6.07) is 17.9. The van der Waals surface area contributed by atoms with Crippen LogP contribution in [0.15, 0.2) is 66.4 Å². The lowest BCUT2D eigenvalue weighted by Gasteiger charge is -2.16. The summed E-state index contributed by atoms with van der Waals surface area (Å²) in [4.78, 5) is 28.2. The average molecular weight is 451 g/mol. The Kier molecular flexibility index (Phi) is 5.61. The van der Waals surface area contributed by atoms with E-state index in [4.69, 9.17) is 23.2 Å². The number of anilines is 2. The van der Waals surface area contributed by atoms with Crippen LogP contribution in [0.3, 0.4) is 0 Å². The van der Waals surface area contributed by atoms with E-state index >= 15 is 0 Å². The highest BCUT2D eigenvalue weighted by atomic mass is 35.5. The Morgan fingerprint density at radius 1 is 0.839 bits per heavy atom. The predicted molar refractivity (Wildman–Crippen MR) is 127 cm³/mol. The van der Waals surface area contributed by atoms with Crippen molar-refractivity contribution >= 4 is 52.0 Å². The standard InChI is InChI=1S/C25H20Cl2N2O2/c1-14-10-11-19(15(2)12-14)22-23(28-21-9-5-8-20(27)16(21)3)25(31)29(24(22)30)18-7-4-6-17(26)13-18/h4-13,28H,1-3H3. The predicted octanol–water partition coefficient (Wildman–Crippen LogP) is 6.32. The Balaban J connectivity index is 1.89. The van der Waals surface area contributed by atoms with E-state index in [2.05, 4.69) is 5.32 Å². The molecule has 31 heavy (non-hydrogen) atoms. The molecular weight excluding hydrogens is 431 g/mol. The first-order valence-corrected chi connectivity index (χ1v) is 10.5. The summed E-state index contributed by atoms with van der Waals surface area (Å²) in [5.41, 5.74) is 5.10. The summed E-state index contributed by atoms with van der Waals surface area (Å²) >= 11 is 12.4. The number of aryl methyl sites for hydroxylation is 2. The van der Waals surface area contributed by atoms with Crippen LogP contribution in [0.5, 0.6) is 0 Å². The van der Waals surface area contributed by atoms with Crippen LogP contribution in [0.4, 0.5) is 11.4 Å². The van der Waals surface area contributed by atoms with Crippen LogP contribution in [0.25, 0.3) is 5.57 Å². The zero-order valence-corrected chi connectivity index (χ0v) is 18.8. The van der Waals surface area contributed by atoms with Gasteiger partial charge in [0.2, 0.25) is 0 Å². The fourth-order valence-electron chi connectivity index (χ4n) is 3.72. The van der Waals surface area contributed by atoms with Crippen molar-refractivity contribution < 1.29 is 9.59 Å². The van der Waals surface area contributed by atoms with Crippen molar-refractivity contribution in [2.45, 2.75) is 20.8 Å². The summed E-state index contributed by atoms with van der Waals surface area (Å²) < 4.78 is 0. The number of rotatable bonds is 4. The van der Waals surface area contributed by atoms with Crippen molar-refractivity contribution in [2.24, 2.45) is 0 Å². The largest absolute Gasteiger partial charge is 0.350 e. The Bertz CT molecular complexity index is 1260. The van der Waals surface area contributed by atoms with Gasteiger partial charge in [-0.05, 0) is 67.8 Å². The molecule has 3 aromatic carbocycles. The third-order valence-electron chi connectivity index (χ3n) is 5.33. The first-order valence-electron chi connectivity index (χ1n) is 9.76. The molecule has 1 aliphatic rings. The molecule has 0 saturated heterocycles. The van der Waals surface area contributed by atoms with E-state index in [1.807, 2.05) is 45.0 Å². The molecule has 1 aliphatic heterocycles. The summed E-state index contributed by atoms with van der Waals surface area (Å²) in [7, 11) is 0. The molecule has 0 bridgehead atoms. The number of benzene rings is 3. The van der Waals surface area contributed by atoms with Gasteiger partial charge >= 0.3 is 0 Å². The van der Waals surface area contributed by atoms with Gasteiger partial charge in [0.05, 0.1) is 11.3 Å². The number of nitrogens with one attached hydrogen (secondary N) is 1. The molecule has 0 saturated carbocycles. The van der Waals surface area contributed by atoms with Gasteiger partial charge in [-0.25, -0.2) is 4.90 Å². The average Bonchev–Trinajstić information content (AvgIpc) is 2.95. The summed E-state index contributed by atoms with van der Waals surface area (Å²) in [6.07, 6.45) is 0. The molecule has 0 spiro atoms. The zero-order chi connectivity index (χ0) is 22.3. The van der Waals surface area contributed by atoms with Gasteiger partial charge in [-0.3, -0.25) is 9.59 Å². The van der Waals surface area contributed by atoms with E-state index in [1.165, 1.54) is 0 Å². The van der Waals surface area contributed by atoms with Crippen molar-refractivity contribution in [1.82, 2.24) is 0 Å². The fraction of sp³-hybridized carbons (Fsp3) is 0.120. The van der Waals surface area contributed by atoms with Gasteiger partial charge < -0.3 is 5.32 Å². The molecule has 0 aromatic heterocycles. The molecule has 0 radical (unpaired) electrons. The number of amides is 2. The number of carbonyl (C=O) groups is 2. The Hall–Kier alpha value is -3.08. The summed E-state index contributed by atoms with van der Waals surface area (Å²) in [5.74, 6) is -0.844. The van der Waals surface area contributed by atoms with Crippen molar-refractivity contribution in [2.75, 3.05) is 10.2 Å². The van der Waals surface area contributed by atoms with Crippen LogP contribution in [-0.4, -0.2) is 11.8 Å². The van der Waals surface area contributed by atoms with Crippen LogP contribution in [-0.2, 0) is 9.59 Å². The molecule has 1 heterocycles. The highest BCUT2D eigenvalue weighted by Crippen LogP contribution is 2.36. The molecule has 4 rings (SSSR count). The second kappa shape index (κ2) is 8.22. The number of carbonyl (C=O) groups excluding carboxylic acids is 2. The van der Waals surface area contributed by atoms with Crippen LogP contribution in [0.2, 0.25) is 10.0 Å². The maximum absolute atomic E-state index is 13.6. The summed E-state index contributed by atoms with van der Waals surface area (Å²) in [5, 5.41) is 4.20. The Labute approximate surface area is 191 Å². The monoisotopic (exact) mass is 450 g/mol. The minimum absolute atomic E-state index is 0.210. The topological polar surface area (TPSA) is 49.4 Å². The molecule has 0 atom stereocenters. The van der Waals surface area contributed by atoms with Crippen molar-refractivity contribution in [3.8, 4) is 0 Å². The third-order valence-corrected chi connectivity index (χ3v) is 5.97. The highest BCUT2D eigenvalue weighted by Gasteiger charge is 2.41. The molecular formula is C25H20Cl2N2O2. The van der Waals surface area contributed by atoms with Gasteiger partial charge in [-0.1, -0.05) is 59.1 Å². The van der Waals surface area contributed by atoms with Crippen LogP contribution in [0, 0.1) is 20.8 Å². The van der Waals surface area contributed by atoms with Crippen molar-refractivity contribution in [3.05, 3.63) is 98.7 Å². The molecule has 2 amide bonds. The van der Waals surface area contributed by atoms with Crippen LogP contribution >= 0.6 is 23.2 Å². The van der Waals surface area contributed by atoms with E-state index in [-0.39, 0.29) is 5.70 Å². The molecule has 4 nitrogen and oxygen atoms in total. The van der Waals surface area contributed by atoms with Gasteiger partial charge in [0.25, 0.3) is 11.8 Å². The second-order valence-corrected chi connectivity index (χ2v) is 8.37. The fourth-order valence-corrected chi connectivity index (χ4v) is 4.08. The molecule has 156 valence electrons. The normalized spacial score (nSPS) is 13.9. The third kappa shape index (κ3) is 3.85. The first kappa shape index (κ1) is 21.2. The van der Waals surface area contributed by atoms with Crippen LogP contribution < -0.4 is 10.2 Å². The number of nitrogens with zero attached hydrogens (tertiary/aromatic N) is 1. The molecule has 0 aliphatic carbocycles. The molecule has 0 fully saturated rings. The maximum Gasteiger partial charge on any atom is 0.282 e. The zero-order valence-electron chi connectivity index (χ0n) is 17.3. The Morgan fingerprint density at radius 2 is 1.58 bits per heavy atom. The smallest absolute Gasteiger partial charge is 0.282 e. The Morgan fingerprint density at radius 3 is 2.29 bits per heavy atom. The van der Waals surface area contributed by atoms with Crippen molar-refractivity contribution in [3.63, 3.8) is 0 Å².